The Balaban J connectivity index is 1.53. The van der Waals surface area contributed by atoms with Gasteiger partial charge in [0.15, 0.2) is 5.82 Å². The molecule has 0 bridgehead atoms. The molecule has 3 rings (SSSR count). The van der Waals surface area contributed by atoms with Crippen molar-refractivity contribution in [1.82, 2.24) is 15.0 Å². The summed E-state index contributed by atoms with van der Waals surface area (Å²) in [5, 5.41) is 12.9. The first kappa shape index (κ1) is 14.2. The molecule has 1 N–H and O–H groups in total. The fourth-order valence-corrected chi connectivity index (χ4v) is 2.83. The van der Waals surface area contributed by atoms with Gasteiger partial charge in [0, 0.05) is 12.5 Å². The third-order valence-corrected chi connectivity index (χ3v) is 4.09. The van der Waals surface area contributed by atoms with E-state index in [9.17, 15) is 0 Å². The molecular formula is C16H21N3O2. The molecule has 0 spiro atoms. The highest BCUT2D eigenvalue weighted by molar-refractivity contribution is 5.22. The second-order valence-electron chi connectivity index (χ2n) is 5.70. The molecule has 0 aliphatic carbocycles. The first-order valence-corrected chi connectivity index (χ1v) is 7.46. The van der Waals surface area contributed by atoms with Gasteiger partial charge in [0.25, 0.3) is 0 Å². The van der Waals surface area contributed by atoms with Crippen molar-refractivity contribution in [2.24, 2.45) is 0 Å². The van der Waals surface area contributed by atoms with Crippen LogP contribution in [-0.2, 0) is 13.2 Å². The maximum atomic E-state index is 9.06. The zero-order valence-corrected chi connectivity index (χ0v) is 12.3. The second-order valence-corrected chi connectivity index (χ2v) is 5.70. The summed E-state index contributed by atoms with van der Waals surface area (Å²) in [5.74, 6) is 1.91. The van der Waals surface area contributed by atoms with Crippen LogP contribution in [0.2, 0.25) is 0 Å². The van der Waals surface area contributed by atoms with Crippen LogP contribution in [-0.4, -0.2) is 33.2 Å². The Morgan fingerprint density at radius 1 is 1.19 bits per heavy atom. The van der Waals surface area contributed by atoms with Gasteiger partial charge >= 0.3 is 0 Å². The van der Waals surface area contributed by atoms with Crippen LogP contribution >= 0.6 is 0 Å². The minimum atomic E-state index is 0.106. The van der Waals surface area contributed by atoms with Crippen LogP contribution < -0.4 is 0 Å². The highest BCUT2D eigenvalue weighted by atomic mass is 16.5. The van der Waals surface area contributed by atoms with Crippen LogP contribution in [0.1, 0.15) is 41.6 Å². The van der Waals surface area contributed by atoms with Gasteiger partial charge in [0.05, 0.1) is 6.61 Å². The number of aliphatic hydroxyl groups excluding tert-OH is 1. The average molecular weight is 287 g/mol. The van der Waals surface area contributed by atoms with E-state index < -0.39 is 0 Å². The highest BCUT2D eigenvalue weighted by Gasteiger charge is 2.24. The smallest absolute Gasteiger partial charge is 0.229 e. The molecule has 0 amide bonds. The number of benzene rings is 1. The molecule has 0 saturated carbocycles. The summed E-state index contributed by atoms with van der Waals surface area (Å²) in [7, 11) is 0. The number of rotatable bonds is 4. The monoisotopic (exact) mass is 287 g/mol. The average Bonchev–Trinajstić information content (AvgIpc) is 2.95. The predicted molar refractivity (Wildman–Crippen MR) is 78.7 cm³/mol. The van der Waals surface area contributed by atoms with Crippen molar-refractivity contribution >= 4 is 0 Å². The van der Waals surface area contributed by atoms with Crippen LogP contribution in [0, 0.1) is 6.92 Å². The van der Waals surface area contributed by atoms with Gasteiger partial charge in [0.2, 0.25) is 5.89 Å². The van der Waals surface area contributed by atoms with Gasteiger partial charge in [-0.25, -0.2) is 0 Å². The van der Waals surface area contributed by atoms with E-state index in [0.717, 1.165) is 49.8 Å². The molecule has 112 valence electrons. The Bertz CT molecular complexity index is 571. The van der Waals surface area contributed by atoms with Gasteiger partial charge < -0.3 is 9.63 Å². The molecule has 1 aliphatic heterocycles. The summed E-state index contributed by atoms with van der Waals surface area (Å²) in [4.78, 5) is 6.79. The molecule has 0 atom stereocenters. The minimum Gasteiger partial charge on any atom is -0.392 e. The molecule has 1 fully saturated rings. The maximum Gasteiger partial charge on any atom is 0.229 e. The largest absolute Gasteiger partial charge is 0.392 e. The predicted octanol–water partition coefficient (Wildman–Crippen LogP) is 2.25. The third-order valence-electron chi connectivity index (χ3n) is 4.09. The molecule has 2 aromatic rings. The SMILES string of the molecule is Cc1noc(C2CCN(Cc3ccc(CO)cc3)CC2)n1. The van der Waals surface area contributed by atoms with Crippen molar-refractivity contribution in [2.45, 2.75) is 38.8 Å². The fourth-order valence-electron chi connectivity index (χ4n) is 2.83. The number of hydrogen-bond donors (Lipinski definition) is 1. The van der Waals surface area contributed by atoms with Gasteiger partial charge in [-0.3, -0.25) is 4.90 Å². The van der Waals surface area contributed by atoms with Crippen LogP contribution in [0.5, 0.6) is 0 Å². The van der Waals surface area contributed by atoms with Gasteiger partial charge in [-0.1, -0.05) is 29.4 Å². The van der Waals surface area contributed by atoms with Crippen LogP contribution in [0.4, 0.5) is 0 Å². The fraction of sp³-hybridized carbons (Fsp3) is 0.500. The van der Waals surface area contributed by atoms with Crippen molar-refractivity contribution in [3.63, 3.8) is 0 Å². The van der Waals surface area contributed by atoms with E-state index in [1.165, 1.54) is 5.56 Å². The van der Waals surface area contributed by atoms with E-state index in [0.29, 0.717) is 5.92 Å². The quantitative estimate of drug-likeness (QED) is 0.934. The summed E-state index contributed by atoms with van der Waals surface area (Å²) in [6, 6.07) is 8.17. The molecule has 1 aliphatic rings. The van der Waals surface area contributed by atoms with Crippen molar-refractivity contribution in [2.75, 3.05) is 13.1 Å². The van der Waals surface area contributed by atoms with E-state index in [-0.39, 0.29) is 6.61 Å². The van der Waals surface area contributed by atoms with Crippen molar-refractivity contribution in [3.8, 4) is 0 Å². The van der Waals surface area contributed by atoms with E-state index in [4.69, 9.17) is 9.63 Å². The summed E-state index contributed by atoms with van der Waals surface area (Å²) in [6.45, 7) is 5.02. The summed E-state index contributed by atoms with van der Waals surface area (Å²) in [5.41, 5.74) is 2.25. The number of nitrogens with zero attached hydrogens (tertiary/aromatic N) is 3. The molecule has 1 aromatic heterocycles. The molecule has 1 saturated heterocycles. The lowest BCUT2D eigenvalue weighted by Crippen LogP contribution is -2.32. The number of aryl methyl sites for hydroxylation is 1. The molecule has 0 unspecified atom stereocenters. The summed E-state index contributed by atoms with van der Waals surface area (Å²) in [6.07, 6.45) is 2.13. The lowest BCUT2D eigenvalue weighted by atomic mass is 9.96. The molecule has 5 heteroatoms. The molecule has 1 aromatic carbocycles. The number of piperidine rings is 1. The standard InChI is InChI=1S/C16H21N3O2/c1-12-17-16(21-18-12)15-6-8-19(9-7-15)10-13-2-4-14(11-20)5-3-13/h2-5,15,20H,6-11H2,1H3. The van der Waals surface area contributed by atoms with E-state index >= 15 is 0 Å². The highest BCUT2D eigenvalue weighted by Crippen LogP contribution is 2.27. The molecule has 5 nitrogen and oxygen atoms in total. The summed E-state index contributed by atoms with van der Waals surface area (Å²) >= 11 is 0. The first-order chi connectivity index (χ1) is 10.2. The van der Waals surface area contributed by atoms with Gasteiger partial charge in [0.1, 0.15) is 0 Å². The maximum absolute atomic E-state index is 9.06. The molecule has 2 heterocycles. The summed E-state index contributed by atoms with van der Waals surface area (Å²) < 4.78 is 5.28. The lowest BCUT2D eigenvalue weighted by molar-refractivity contribution is 0.187. The van der Waals surface area contributed by atoms with Gasteiger partial charge in [-0.15, -0.1) is 0 Å². The zero-order valence-electron chi connectivity index (χ0n) is 12.3. The second kappa shape index (κ2) is 6.37. The number of aromatic nitrogens is 2. The molecular weight excluding hydrogens is 266 g/mol. The van der Waals surface area contributed by atoms with Gasteiger partial charge in [-0.05, 0) is 44.0 Å². The van der Waals surface area contributed by atoms with Crippen LogP contribution in [0.15, 0.2) is 28.8 Å². The van der Waals surface area contributed by atoms with E-state index in [2.05, 4.69) is 27.2 Å². The molecule has 21 heavy (non-hydrogen) atoms. The Morgan fingerprint density at radius 3 is 2.43 bits per heavy atom. The number of likely N-dealkylation sites (tertiary alicyclic amines) is 1. The van der Waals surface area contributed by atoms with Gasteiger partial charge in [-0.2, -0.15) is 4.98 Å². The normalized spacial score (nSPS) is 17.2. The number of hydrogen-bond acceptors (Lipinski definition) is 5. The van der Waals surface area contributed by atoms with E-state index in [1.807, 2.05) is 19.1 Å². The zero-order chi connectivity index (χ0) is 14.7. The first-order valence-electron chi connectivity index (χ1n) is 7.46. The third kappa shape index (κ3) is 3.49. The van der Waals surface area contributed by atoms with Crippen molar-refractivity contribution < 1.29 is 9.63 Å². The van der Waals surface area contributed by atoms with Crippen molar-refractivity contribution in [1.29, 1.82) is 0 Å². The Labute approximate surface area is 124 Å². The Kier molecular flexibility index (Phi) is 4.31. The molecule has 0 radical (unpaired) electrons. The Morgan fingerprint density at radius 2 is 1.86 bits per heavy atom. The van der Waals surface area contributed by atoms with E-state index in [1.54, 1.807) is 0 Å². The topological polar surface area (TPSA) is 62.4 Å². The van der Waals surface area contributed by atoms with Crippen LogP contribution in [0.25, 0.3) is 0 Å². The Hall–Kier alpha value is -1.72. The lowest BCUT2D eigenvalue weighted by Gasteiger charge is -2.30. The minimum absolute atomic E-state index is 0.106. The number of aliphatic hydroxyl groups is 1. The van der Waals surface area contributed by atoms with Crippen LogP contribution in [0.3, 0.4) is 0 Å². The van der Waals surface area contributed by atoms with Crippen molar-refractivity contribution in [3.05, 3.63) is 47.1 Å².